The maximum Gasteiger partial charge on any atom is 0.255 e. The standard InChI is InChI=1S/C15H17N3O/c1-11-5-3-7-13(14(11)16)15(19)18(2)10-12-6-4-8-17-9-12/h3-9H,10,16H2,1-2H3. The van der Waals surface area contributed by atoms with Gasteiger partial charge in [0.2, 0.25) is 0 Å². The second-order valence-electron chi connectivity index (χ2n) is 4.56. The van der Waals surface area contributed by atoms with E-state index in [9.17, 15) is 4.79 Å². The van der Waals surface area contributed by atoms with Crippen molar-refractivity contribution < 1.29 is 4.79 Å². The Labute approximate surface area is 112 Å². The van der Waals surface area contributed by atoms with Crippen molar-refractivity contribution in [3.8, 4) is 0 Å². The summed E-state index contributed by atoms with van der Waals surface area (Å²) in [7, 11) is 1.76. The lowest BCUT2D eigenvalue weighted by Gasteiger charge is -2.18. The number of nitrogens with zero attached hydrogens (tertiary/aromatic N) is 2. The van der Waals surface area contributed by atoms with Gasteiger partial charge in [-0.15, -0.1) is 0 Å². The van der Waals surface area contributed by atoms with Gasteiger partial charge >= 0.3 is 0 Å². The van der Waals surface area contributed by atoms with Gasteiger partial charge in [0.25, 0.3) is 5.91 Å². The molecule has 0 unspecified atom stereocenters. The van der Waals surface area contributed by atoms with E-state index in [2.05, 4.69) is 4.98 Å². The zero-order chi connectivity index (χ0) is 13.8. The van der Waals surface area contributed by atoms with Gasteiger partial charge in [0.1, 0.15) is 0 Å². The fraction of sp³-hybridized carbons (Fsp3) is 0.200. The van der Waals surface area contributed by atoms with E-state index in [0.717, 1.165) is 11.1 Å². The zero-order valence-corrected chi connectivity index (χ0v) is 11.1. The lowest BCUT2D eigenvalue weighted by molar-refractivity contribution is 0.0786. The Balaban J connectivity index is 2.18. The zero-order valence-electron chi connectivity index (χ0n) is 11.1. The molecule has 0 aliphatic rings. The first-order chi connectivity index (χ1) is 9.09. The van der Waals surface area contributed by atoms with Crippen LogP contribution in [0.2, 0.25) is 0 Å². The minimum Gasteiger partial charge on any atom is -0.398 e. The molecule has 0 atom stereocenters. The minimum atomic E-state index is -0.0787. The molecule has 4 heteroatoms. The molecule has 1 heterocycles. The minimum absolute atomic E-state index is 0.0787. The van der Waals surface area contributed by atoms with Gasteiger partial charge in [0.15, 0.2) is 0 Å². The fourth-order valence-electron chi connectivity index (χ4n) is 1.91. The number of benzene rings is 1. The molecular weight excluding hydrogens is 238 g/mol. The molecule has 19 heavy (non-hydrogen) atoms. The SMILES string of the molecule is Cc1cccc(C(=O)N(C)Cc2cccnc2)c1N. The van der Waals surface area contributed by atoms with Crippen molar-refractivity contribution in [2.24, 2.45) is 0 Å². The third kappa shape index (κ3) is 2.91. The number of amides is 1. The molecule has 0 fully saturated rings. The third-order valence-corrected chi connectivity index (χ3v) is 3.04. The van der Waals surface area contributed by atoms with E-state index >= 15 is 0 Å². The van der Waals surface area contributed by atoms with Gasteiger partial charge in [0.05, 0.1) is 5.56 Å². The normalized spacial score (nSPS) is 10.2. The van der Waals surface area contributed by atoms with Crippen molar-refractivity contribution in [2.75, 3.05) is 12.8 Å². The van der Waals surface area contributed by atoms with Crippen LogP contribution in [-0.2, 0) is 6.54 Å². The second-order valence-corrected chi connectivity index (χ2v) is 4.56. The van der Waals surface area contributed by atoms with Crippen LogP contribution in [0.1, 0.15) is 21.5 Å². The number of nitrogen functional groups attached to an aromatic ring is 1. The molecule has 1 amide bonds. The van der Waals surface area contributed by atoms with E-state index in [1.54, 1.807) is 30.4 Å². The highest BCUT2D eigenvalue weighted by Crippen LogP contribution is 2.18. The molecule has 1 aromatic heterocycles. The Morgan fingerprint density at radius 2 is 2.11 bits per heavy atom. The number of anilines is 1. The topological polar surface area (TPSA) is 59.2 Å². The van der Waals surface area contributed by atoms with Gasteiger partial charge in [-0.1, -0.05) is 18.2 Å². The molecule has 1 aromatic carbocycles. The number of carbonyl (C=O) groups excluding carboxylic acids is 1. The van der Waals surface area contributed by atoms with Crippen molar-refractivity contribution in [2.45, 2.75) is 13.5 Å². The van der Waals surface area contributed by atoms with Gasteiger partial charge in [-0.05, 0) is 30.2 Å². The number of aryl methyl sites for hydroxylation is 1. The molecule has 0 aliphatic carbocycles. The van der Waals surface area contributed by atoms with Gasteiger partial charge < -0.3 is 10.6 Å². The van der Waals surface area contributed by atoms with Crippen LogP contribution in [0.3, 0.4) is 0 Å². The average Bonchev–Trinajstić information content (AvgIpc) is 2.42. The summed E-state index contributed by atoms with van der Waals surface area (Å²) >= 11 is 0. The van der Waals surface area contributed by atoms with E-state index in [0.29, 0.717) is 17.8 Å². The van der Waals surface area contributed by atoms with Crippen LogP contribution >= 0.6 is 0 Å². The van der Waals surface area contributed by atoms with Gasteiger partial charge in [-0.25, -0.2) is 0 Å². The highest BCUT2D eigenvalue weighted by atomic mass is 16.2. The Kier molecular flexibility index (Phi) is 3.80. The average molecular weight is 255 g/mol. The number of hydrogen-bond acceptors (Lipinski definition) is 3. The summed E-state index contributed by atoms with van der Waals surface area (Å²) in [5.74, 6) is -0.0787. The quantitative estimate of drug-likeness (QED) is 0.856. The molecule has 0 radical (unpaired) electrons. The molecule has 0 aliphatic heterocycles. The maximum absolute atomic E-state index is 12.3. The van der Waals surface area contributed by atoms with Crippen LogP contribution < -0.4 is 5.73 Å². The molecule has 0 bridgehead atoms. The Hall–Kier alpha value is -2.36. The van der Waals surface area contributed by atoms with E-state index in [4.69, 9.17) is 5.73 Å². The largest absolute Gasteiger partial charge is 0.398 e. The molecule has 0 spiro atoms. The molecule has 4 nitrogen and oxygen atoms in total. The Bertz CT molecular complexity index is 581. The van der Waals surface area contributed by atoms with Crippen LogP contribution in [0.15, 0.2) is 42.7 Å². The van der Waals surface area contributed by atoms with Crippen LogP contribution in [0.25, 0.3) is 0 Å². The molecular formula is C15H17N3O. The summed E-state index contributed by atoms with van der Waals surface area (Å²) in [6, 6.07) is 9.29. The molecule has 2 rings (SSSR count). The lowest BCUT2D eigenvalue weighted by Crippen LogP contribution is -2.27. The third-order valence-electron chi connectivity index (χ3n) is 3.04. The van der Waals surface area contributed by atoms with Gasteiger partial charge in [0, 0.05) is 31.7 Å². The van der Waals surface area contributed by atoms with Crippen LogP contribution in [0.4, 0.5) is 5.69 Å². The van der Waals surface area contributed by atoms with Crippen molar-refractivity contribution in [1.29, 1.82) is 0 Å². The van der Waals surface area contributed by atoms with E-state index < -0.39 is 0 Å². The number of rotatable bonds is 3. The van der Waals surface area contributed by atoms with Crippen molar-refractivity contribution in [1.82, 2.24) is 9.88 Å². The molecule has 2 N–H and O–H groups in total. The Morgan fingerprint density at radius 3 is 2.79 bits per heavy atom. The fourth-order valence-corrected chi connectivity index (χ4v) is 1.91. The first-order valence-electron chi connectivity index (χ1n) is 6.09. The number of carbonyl (C=O) groups is 1. The summed E-state index contributed by atoms with van der Waals surface area (Å²) in [6.07, 6.45) is 3.47. The van der Waals surface area contributed by atoms with Crippen molar-refractivity contribution >= 4 is 11.6 Å². The Morgan fingerprint density at radius 1 is 1.32 bits per heavy atom. The molecule has 0 saturated carbocycles. The number of para-hydroxylation sites is 1. The van der Waals surface area contributed by atoms with Gasteiger partial charge in [-0.2, -0.15) is 0 Å². The summed E-state index contributed by atoms with van der Waals surface area (Å²) in [5, 5.41) is 0. The summed E-state index contributed by atoms with van der Waals surface area (Å²) in [6.45, 7) is 2.41. The van der Waals surface area contributed by atoms with Gasteiger partial charge in [-0.3, -0.25) is 9.78 Å². The highest BCUT2D eigenvalue weighted by molar-refractivity contribution is 5.99. The summed E-state index contributed by atoms with van der Waals surface area (Å²) < 4.78 is 0. The number of hydrogen-bond donors (Lipinski definition) is 1. The maximum atomic E-state index is 12.3. The monoisotopic (exact) mass is 255 g/mol. The van der Waals surface area contributed by atoms with Crippen LogP contribution in [0, 0.1) is 6.92 Å². The molecule has 98 valence electrons. The van der Waals surface area contributed by atoms with E-state index in [1.807, 2.05) is 31.2 Å². The second kappa shape index (κ2) is 5.52. The number of nitrogens with two attached hydrogens (primary N) is 1. The number of aromatic nitrogens is 1. The predicted octanol–water partition coefficient (Wildman–Crippen LogP) is 2.24. The van der Waals surface area contributed by atoms with E-state index in [-0.39, 0.29) is 5.91 Å². The first-order valence-corrected chi connectivity index (χ1v) is 6.09. The predicted molar refractivity (Wildman–Crippen MR) is 75.6 cm³/mol. The van der Waals surface area contributed by atoms with Crippen LogP contribution in [-0.4, -0.2) is 22.8 Å². The molecule has 2 aromatic rings. The lowest BCUT2D eigenvalue weighted by atomic mass is 10.1. The van der Waals surface area contributed by atoms with E-state index in [1.165, 1.54) is 0 Å². The smallest absolute Gasteiger partial charge is 0.255 e. The summed E-state index contributed by atoms with van der Waals surface area (Å²) in [5.41, 5.74) is 8.96. The highest BCUT2D eigenvalue weighted by Gasteiger charge is 2.15. The van der Waals surface area contributed by atoms with Crippen molar-refractivity contribution in [3.05, 3.63) is 59.4 Å². The number of pyridine rings is 1. The molecule has 0 saturated heterocycles. The van der Waals surface area contributed by atoms with Crippen LogP contribution in [0.5, 0.6) is 0 Å². The summed E-state index contributed by atoms with van der Waals surface area (Å²) in [4.78, 5) is 18.0. The first kappa shape index (κ1) is 13.1. The van der Waals surface area contributed by atoms with Crippen molar-refractivity contribution in [3.63, 3.8) is 0 Å².